The number of nitrogens with zero attached hydrogens (tertiary/aromatic N) is 2. The number of Topliss-reactive ketones (excluding diaryl/α,β-unsaturated/α-hetero) is 1. The molecule has 4 nitrogen and oxygen atoms in total. The first kappa shape index (κ1) is 20.0. The van der Waals surface area contributed by atoms with Crippen LogP contribution in [0, 0.1) is 23.7 Å². The monoisotopic (exact) mass is 408 g/mol. The van der Waals surface area contributed by atoms with E-state index in [9.17, 15) is 14.9 Å². The van der Waals surface area contributed by atoms with Crippen LogP contribution in [0.1, 0.15) is 31.9 Å². The number of ketones is 1. The van der Waals surface area contributed by atoms with Gasteiger partial charge in [-0.05, 0) is 47.5 Å². The van der Waals surface area contributed by atoms with Gasteiger partial charge in [0.2, 0.25) is 0 Å². The topological polar surface area (TPSA) is 62.9 Å². The first-order valence-electron chi connectivity index (χ1n) is 8.74. The Balaban J connectivity index is 2.43. The van der Waals surface area contributed by atoms with Crippen LogP contribution in [0.3, 0.4) is 0 Å². The second kappa shape index (κ2) is 7.70. The van der Waals surface area contributed by atoms with Crippen molar-refractivity contribution >= 4 is 40.1 Å². The maximum atomic E-state index is 13.2. The van der Waals surface area contributed by atoms with Gasteiger partial charge in [0, 0.05) is 5.41 Å². The minimum atomic E-state index is -0.722. The van der Waals surface area contributed by atoms with Gasteiger partial charge in [-0.1, -0.05) is 38.5 Å². The van der Waals surface area contributed by atoms with E-state index in [2.05, 4.69) is 6.07 Å². The minimum Gasteiger partial charge on any atom is -0.293 e. The molecule has 0 aliphatic carbocycles. The van der Waals surface area contributed by atoms with Crippen molar-refractivity contribution in [1.82, 2.24) is 4.57 Å². The molecule has 3 aromatic rings. The summed E-state index contributed by atoms with van der Waals surface area (Å²) in [5.74, 6) is -0.279. The fourth-order valence-corrected chi connectivity index (χ4v) is 4.38. The molecule has 0 amide bonds. The lowest BCUT2D eigenvalue weighted by atomic mass is 9.87. The van der Waals surface area contributed by atoms with Crippen LogP contribution in [0.25, 0.3) is 17.3 Å². The van der Waals surface area contributed by atoms with Crippen LogP contribution in [0.2, 0.25) is 0 Å². The van der Waals surface area contributed by atoms with Gasteiger partial charge < -0.3 is 0 Å². The Labute approximate surface area is 171 Å². The first-order valence-corrected chi connectivity index (χ1v) is 10.5. The van der Waals surface area contributed by atoms with E-state index >= 15 is 0 Å². The number of hydrogen-bond donors (Lipinski definition) is 0. The first-order chi connectivity index (χ1) is 13.2. The minimum absolute atomic E-state index is 0.0140. The second-order valence-electron chi connectivity index (χ2n) is 7.51. The highest BCUT2D eigenvalue weighted by Gasteiger charge is 2.27. The van der Waals surface area contributed by atoms with Crippen LogP contribution in [-0.2, 0) is 4.79 Å². The Morgan fingerprint density at radius 2 is 1.86 bits per heavy atom. The molecule has 1 aromatic carbocycles. The summed E-state index contributed by atoms with van der Waals surface area (Å²) in [5.41, 5.74) is 1.69. The van der Waals surface area contributed by atoms with Crippen LogP contribution in [0.4, 0.5) is 0 Å². The Kier molecular flexibility index (Phi) is 5.50. The molecular weight excluding hydrogens is 388 g/mol. The van der Waals surface area contributed by atoms with E-state index in [1.807, 2.05) is 48.0 Å². The molecule has 142 valence electrons. The number of thiazole rings is 1. The zero-order valence-electron chi connectivity index (χ0n) is 16.1. The molecule has 0 saturated carbocycles. The zero-order valence-corrected chi connectivity index (χ0v) is 17.8. The number of carbonyl (C=O) groups is 1. The fraction of sp³-hybridized carbons (Fsp3) is 0.227. The number of hydrogen-bond acceptors (Lipinski definition) is 5. The van der Waals surface area contributed by atoms with Crippen molar-refractivity contribution < 1.29 is 4.79 Å². The fourth-order valence-electron chi connectivity index (χ4n) is 2.66. The Morgan fingerprint density at radius 3 is 2.39 bits per heavy atom. The summed E-state index contributed by atoms with van der Waals surface area (Å²) in [7, 11) is 0. The molecule has 3 rings (SSSR count). The van der Waals surface area contributed by atoms with Gasteiger partial charge in [0.25, 0.3) is 5.56 Å². The van der Waals surface area contributed by atoms with Crippen molar-refractivity contribution in [2.45, 2.75) is 27.7 Å². The molecule has 0 aliphatic rings. The standard InChI is InChI=1S/C22H20N2O2S2/c1-14-5-7-16(8-6-14)24-20(26)18(11-15-9-10-27-13-15)28-21(24)17(12-23)19(25)22(2,3)4/h5-11,13H,1-4H3/b18-11+,21-17-. The average molecular weight is 409 g/mol. The molecule has 0 fully saturated rings. The van der Waals surface area contributed by atoms with Crippen molar-refractivity contribution in [1.29, 1.82) is 5.26 Å². The van der Waals surface area contributed by atoms with Crippen LogP contribution in [-0.4, -0.2) is 10.4 Å². The molecule has 0 bridgehead atoms. The molecule has 2 aromatic heterocycles. The average Bonchev–Trinajstić information content (AvgIpc) is 3.25. The van der Waals surface area contributed by atoms with Crippen molar-refractivity contribution in [3.8, 4) is 11.8 Å². The molecule has 2 heterocycles. The smallest absolute Gasteiger partial charge is 0.273 e. The van der Waals surface area contributed by atoms with Crippen LogP contribution < -0.4 is 14.8 Å². The predicted molar refractivity (Wildman–Crippen MR) is 115 cm³/mol. The second-order valence-corrected chi connectivity index (χ2v) is 9.33. The van der Waals surface area contributed by atoms with E-state index in [1.54, 1.807) is 38.2 Å². The highest BCUT2D eigenvalue weighted by molar-refractivity contribution is 7.08. The number of rotatable bonds is 3. The van der Waals surface area contributed by atoms with E-state index in [4.69, 9.17) is 0 Å². The Hall–Kier alpha value is -2.75. The van der Waals surface area contributed by atoms with Gasteiger partial charge in [-0.25, -0.2) is 0 Å². The third kappa shape index (κ3) is 3.91. The predicted octanol–water partition coefficient (Wildman–Crippen LogP) is 3.39. The van der Waals surface area contributed by atoms with Gasteiger partial charge >= 0.3 is 0 Å². The normalized spacial score (nSPS) is 13.3. The Morgan fingerprint density at radius 1 is 1.18 bits per heavy atom. The summed E-state index contributed by atoms with van der Waals surface area (Å²) in [5, 5.41) is 13.6. The Bertz CT molecular complexity index is 1230. The van der Waals surface area contributed by atoms with Crippen molar-refractivity contribution in [3.63, 3.8) is 0 Å². The molecule has 28 heavy (non-hydrogen) atoms. The molecule has 0 aliphatic heterocycles. The van der Waals surface area contributed by atoms with Gasteiger partial charge in [-0.2, -0.15) is 16.6 Å². The largest absolute Gasteiger partial charge is 0.293 e. The third-order valence-electron chi connectivity index (χ3n) is 4.19. The van der Waals surface area contributed by atoms with E-state index in [0.29, 0.717) is 14.9 Å². The van der Waals surface area contributed by atoms with Gasteiger partial charge in [0.15, 0.2) is 5.78 Å². The molecule has 6 heteroatoms. The van der Waals surface area contributed by atoms with Crippen molar-refractivity contribution in [3.05, 3.63) is 71.8 Å². The summed E-state index contributed by atoms with van der Waals surface area (Å²) in [4.78, 5) is 26.1. The van der Waals surface area contributed by atoms with Crippen molar-refractivity contribution in [2.75, 3.05) is 0 Å². The summed E-state index contributed by atoms with van der Waals surface area (Å²) < 4.78 is 2.34. The van der Waals surface area contributed by atoms with Gasteiger partial charge in [0.05, 0.1) is 10.2 Å². The number of thiophene rings is 1. The number of aromatic nitrogens is 1. The maximum absolute atomic E-state index is 13.2. The van der Waals surface area contributed by atoms with Crippen molar-refractivity contribution in [2.24, 2.45) is 5.41 Å². The lowest BCUT2D eigenvalue weighted by Gasteiger charge is -2.15. The molecular formula is C22H20N2O2S2. The SMILES string of the molecule is Cc1ccc(-n2c(=O)/c(=C\c3ccsc3)s/c2=C(/C#N)C(=O)C(C)(C)C)cc1. The molecule has 0 spiro atoms. The summed E-state index contributed by atoms with van der Waals surface area (Å²) in [6.45, 7) is 7.28. The van der Waals surface area contributed by atoms with Gasteiger partial charge in [-0.3, -0.25) is 14.2 Å². The van der Waals surface area contributed by atoms with E-state index in [1.165, 1.54) is 15.9 Å². The highest BCUT2D eigenvalue weighted by Crippen LogP contribution is 2.20. The molecule has 0 radical (unpaired) electrons. The summed E-state index contributed by atoms with van der Waals surface area (Å²) in [6.07, 6.45) is 1.80. The number of aryl methyl sites for hydroxylation is 1. The lowest BCUT2D eigenvalue weighted by Crippen LogP contribution is -2.33. The van der Waals surface area contributed by atoms with Gasteiger partial charge in [0.1, 0.15) is 16.3 Å². The van der Waals surface area contributed by atoms with E-state index < -0.39 is 5.41 Å². The van der Waals surface area contributed by atoms with Crippen LogP contribution in [0.15, 0.2) is 45.9 Å². The highest BCUT2D eigenvalue weighted by atomic mass is 32.1. The number of nitriles is 1. The molecule has 0 saturated heterocycles. The lowest BCUT2D eigenvalue weighted by molar-refractivity contribution is -0.120. The zero-order chi connectivity index (χ0) is 20.5. The van der Waals surface area contributed by atoms with Crippen LogP contribution in [0.5, 0.6) is 0 Å². The molecule has 0 atom stereocenters. The number of benzene rings is 1. The maximum Gasteiger partial charge on any atom is 0.273 e. The number of carbonyl (C=O) groups excluding carboxylic acids is 1. The molecule has 0 unspecified atom stereocenters. The van der Waals surface area contributed by atoms with Crippen LogP contribution >= 0.6 is 22.7 Å². The van der Waals surface area contributed by atoms with E-state index in [-0.39, 0.29) is 16.9 Å². The van der Waals surface area contributed by atoms with Gasteiger partial charge in [-0.15, -0.1) is 11.3 Å². The summed E-state index contributed by atoms with van der Waals surface area (Å²) in [6, 6.07) is 11.5. The molecule has 0 N–H and O–H groups in total. The quantitative estimate of drug-likeness (QED) is 0.667. The third-order valence-corrected chi connectivity index (χ3v) is 5.98. The summed E-state index contributed by atoms with van der Waals surface area (Å²) >= 11 is 2.73. The van der Waals surface area contributed by atoms with E-state index in [0.717, 1.165) is 11.1 Å².